The van der Waals surface area contributed by atoms with E-state index in [1.165, 1.54) is 0 Å². The SMILES string of the molecule is C[Si](C)(C)C#CC#Cc1ccc(N=Nc2ccccc2)cc1. The van der Waals surface area contributed by atoms with E-state index in [1.807, 2.05) is 54.6 Å². The quantitative estimate of drug-likeness (QED) is 0.407. The van der Waals surface area contributed by atoms with Gasteiger partial charge in [-0.2, -0.15) is 10.2 Å². The summed E-state index contributed by atoms with van der Waals surface area (Å²) in [6.07, 6.45) is 0. The van der Waals surface area contributed by atoms with Crippen molar-refractivity contribution in [2.75, 3.05) is 0 Å². The van der Waals surface area contributed by atoms with Gasteiger partial charge in [-0.15, -0.1) is 5.54 Å². The molecule has 0 saturated heterocycles. The molecule has 0 atom stereocenters. The molecule has 0 aliphatic rings. The van der Waals surface area contributed by atoms with Crippen LogP contribution in [0.4, 0.5) is 11.4 Å². The Morgan fingerprint density at radius 2 is 1.32 bits per heavy atom. The molecule has 0 spiro atoms. The molecule has 0 aliphatic heterocycles. The number of benzene rings is 2. The molecule has 0 bridgehead atoms. The maximum Gasteiger partial charge on any atom is 0.130 e. The molecule has 0 N–H and O–H groups in total. The van der Waals surface area contributed by atoms with Crippen LogP contribution in [0.15, 0.2) is 64.8 Å². The van der Waals surface area contributed by atoms with Crippen LogP contribution in [0.25, 0.3) is 0 Å². The molecule has 2 aromatic carbocycles. The Morgan fingerprint density at radius 1 is 0.727 bits per heavy atom. The maximum atomic E-state index is 4.20. The Hall–Kier alpha value is -2.62. The van der Waals surface area contributed by atoms with Crippen LogP contribution in [-0.2, 0) is 0 Å². The fourth-order valence-electron chi connectivity index (χ4n) is 1.54. The van der Waals surface area contributed by atoms with E-state index in [2.05, 4.69) is 53.2 Å². The number of hydrogen-bond donors (Lipinski definition) is 0. The van der Waals surface area contributed by atoms with Crippen molar-refractivity contribution in [3.8, 4) is 23.3 Å². The third kappa shape index (κ3) is 5.79. The largest absolute Gasteiger partial charge is 0.151 e. The molecule has 0 unspecified atom stereocenters. The molecule has 0 radical (unpaired) electrons. The molecule has 22 heavy (non-hydrogen) atoms. The highest BCUT2D eigenvalue weighted by molar-refractivity contribution is 6.83. The summed E-state index contributed by atoms with van der Waals surface area (Å²) >= 11 is 0. The standard InChI is InChI=1S/C19H18N2Si/c1-22(2,3)16-8-7-9-17-12-14-19(15-13-17)21-20-18-10-5-4-6-11-18/h4-6,10-15H,1-3H3. The van der Waals surface area contributed by atoms with Crippen LogP contribution in [0, 0.1) is 23.3 Å². The number of hydrogen-bond acceptors (Lipinski definition) is 2. The van der Waals surface area contributed by atoms with E-state index < -0.39 is 8.07 Å². The average molecular weight is 302 g/mol. The molecule has 108 valence electrons. The summed E-state index contributed by atoms with van der Waals surface area (Å²) in [5, 5.41) is 8.38. The van der Waals surface area contributed by atoms with Gasteiger partial charge < -0.3 is 0 Å². The van der Waals surface area contributed by atoms with Crippen LogP contribution in [0.1, 0.15) is 5.56 Å². The lowest BCUT2D eigenvalue weighted by Gasteiger charge is -2.01. The van der Waals surface area contributed by atoms with Gasteiger partial charge in [-0.3, -0.25) is 0 Å². The molecular weight excluding hydrogens is 284 g/mol. The Labute approximate surface area is 133 Å². The molecule has 0 heterocycles. The van der Waals surface area contributed by atoms with Gasteiger partial charge in [0.05, 0.1) is 11.4 Å². The Morgan fingerprint density at radius 3 is 1.91 bits per heavy atom. The first-order valence-corrected chi connectivity index (χ1v) is 10.6. The first-order valence-electron chi connectivity index (χ1n) is 7.13. The minimum Gasteiger partial charge on any atom is -0.151 e. The van der Waals surface area contributed by atoms with Gasteiger partial charge in [0.2, 0.25) is 0 Å². The van der Waals surface area contributed by atoms with Gasteiger partial charge >= 0.3 is 0 Å². The summed E-state index contributed by atoms with van der Waals surface area (Å²) in [6.45, 7) is 6.61. The van der Waals surface area contributed by atoms with Gasteiger partial charge in [-0.25, -0.2) is 0 Å². The summed E-state index contributed by atoms with van der Waals surface area (Å²) in [5.41, 5.74) is 5.81. The normalized spacial score (nSPS) is 10.5. The van der Waals surface area contributed by atoms with E-state index in [9.17, 15) is 0 Å². The van der Waals surface area contributed by atoms with Crippen LogP contribution in [0.5, 0.6) is 0 Å². The Bertz CT molecular complexity index is 762. The smallest absolute Gasteiger partial charge is 0.130 e. The third-order valence-electron chi connectivity index (χ3n) is 2.61. The highest BCUT2D eigenvalue weighted by Crippen LogP contribution is 2.17. The maximum absolute atomic E-state index is 4.20. The van der Waals surface area contributed by atoms with Crippen molar-refractivity contribution < 1.29 is 0 Å². The molecule has 0 aromatic heterocycles. The second-order valence-corrected chi connectivity index (χ2v) is 10.6. The molecule has 0 saturated carbocycles. The highest BCUT2D eigenvalue weighted by Gasteiger charge is 2.06. The molecule has 2 rings (SSSR count). The van der Waals surface area contributed by atoms with Crippen LogP contribution >= 0.6 is 0 Å². The summed E-state index contributed by atoms with van der Waals surface area (Å²) < 4.78 is 0. The number of azo groups is 1. The lowest BCUT2D eigenvalue weighted by molar-refractivity contribution is 1.23. The minimum atomic E-state index is -1.34. The number of nitrogens with zero attached hydrogens (tertiary/aromatic N) is 2. The second kappa shape index (κ2) is 7.40. The van der Waals surface area contributed by atoms with E-state index in [4.69, 9.17) is 0 Å². The summed E-state index contributed by atoms with van der Waals surface area (Å²) in [5.74, 6) is 8.89. The molecule has 2 nitrogen and oxygen atoms in total. The third-order valence-corrected chi connectivity index (χ3v) is 3.49. The minimum absolute atomic E-state index is 0.808. The van der Waals surface area contributed by atoms with E-state index >= 15 is 0 Å². The zero-order valence-corrected chi connectivity index (χ0v) is 14.1. The first-order chi connectivity index (χ1) is 10.5. The van der Waals surface area contributed by atoms with Crippen molar-refractivity contribution in [2.24, 2.45) is 10.2 Å². The van der Waals surface area contributed by atoms with E-state index in [0.717, 1.165) is 16.9 Å². The predicted molar refractivity (Wildman–Crippen MR) is 95.1 cm³/mol. The van der Waals surface area contributed by atoms with Crippen molar-refractivity contribution in [2.45, 2.75) is 19.6 Å². The van der Waals surface area contributed by atoms with Gasteiger partial charge in [0.15, 0.2) is 0 Å². The summed E-state index contributed by atoms with van der Waals surface area (Å²) in [6, 6.07) is 17.3. The molecule has 0 amide bonds. The molecule has 0 aliphatic carbocycles. The van der Waals surface area contributed by atoms with E-state index in [-0.39, 0.29) is 0 Å². The molecular formula is C19H18N2Si. The van der Waals surface area contributed by atoms with Gasteiger partial charge in [0, 0.05) is 5.56 Å². The Kier molecular flexibility index (Phi) is 5.30. The molecule has 3 heteroatoms. The average Bonchev–Trinajstić information content (AvgIpc) is 2.51. The zero-order chi connectivity index (χ0) is 15.8. The lowest BCUT2D eigenvalue weighted by atomic mass is 10.2. The van der Waals surface area contributed by atoms with Gasteiger partial charge in [0.1, 0.15) is 8.07 Å². The van der Waals surface area contributed by atoms with Gasteiger partial charge in [-0.05, 0) is 48.2 Å². The predicted octanol–water partition coefficient (Wildman–Crippen LogP) is 5.33. The second-order valence-electron chi connectivity index (χ2n) is 5.83. The Balaban J connectivity index is 2.03. The van der Waals surface area contributed by atoms with Crippen LogP contribution in [-0.4, -0.2) is 8.07 Å². The van der Waals surface area contributed by atoms with Gasteiger partial charge in [0.25, 0.3) is 0 Å². The first kappa shape index (κ1) is 15.8. The fourth-order valence-corrected chi connectivity index (χ4v) is 1.98. The molecule has 0 fully saturated rings. The van der Waals surface area contributed by atoms with Crippen molar-refractivity contribution in [3.63, 3.8) is 0 Å². The zero-order valence-electron chi connectivity index (χ0n) is 13.1. The monoisotopic (exact) mass is 302 g/mol. The highest BCUT2D eigenvalue weighted by atomic mass is 28.3. The topological polar surface area (TPSA) is 24.7 Å². The van der Waals surface area contributed by atoms with E-state index in [0.29, 0.717) is 0 Å². The van der Waals surface area contributed by atoms with Crippen molar-refractivity contribution in [1.82, 2.24) is 0 Å². The van der Waals surface area contributed by atoms with Gasteiger partial charge in [-0.1, -0.05) is 43.8 Å². The molecule has 2 aromatic rings. The van der Waals surface area contributed by atoms with Crippen LogP contribution < -0.4 is 0 Å². The van der Waals surface area contributed by atoms with Crippen LogP contribution in [0.3, 0.4) is 0 Å². The fraction of sp³-hybridized carbons (Fsp3) is 0.158. The van der Waals surface area contributed by atoms with Crippen molar-refractivity contribution in [1.29, 1.82) is 0 Å². The van der Waals surface area contributed by atoms with Crippen molar-refractivity contribution in [3.05, 3.63) is 60.2 Å². The number of rotatable bonds is 2. The summed E-state index contributed by atoms with van der Waals surface area (Å²) in [7, 11) is -1.34. The summed E-state index contributed by atoms with van der Waals surface area (Å²) in [4.78, 5) is 0. The van der Waals surface area contributed by atoms with Crippen molar-refractivity contribution >= 4 is 19.4 Å². The lowest BCUT2D eigenvalue weighted by Crippen LogP contribution is -2.16. The van der Waals surface area contributed by atoms with Crippen LogP contribution in [0.2, 0.25) is 19.6 Å². The van der Waals surface area contributed by atoms with E-state index in [1.54, 1.807) is 0 Å².